The van der Waals surface area contributed by atoms with E-state index in [1.165, 1.54) is 0 Å². The Morgan fingerprint density at radius 1 is 0.628 bits per heavy atom. The molecule has 1 aromatic heterocycles. The summed E-state index contributed by atoms with van der Waals surface area (Å²) >= 11 is 0. The number of phosphoric ester groups is 1. The largest absolute Gasteiger partial charge is 0.530 e. The van der Waals surface area contributed by atoms with Crippen molar-refractivity contribution in [3.63, 3.8) is 0 Å². The van der Waals surface area contributed by atoms with Crippen LogP contribution < -0.4 is 9.84 Å². The van der Waals surface area contributed by atoms with Gasteiger partial charge in [0.1, 0.15) is 5.75 Å². The highest BCUT2D eigenvalue weighted by Crippen LogP contribution is 2.51. The van der Waals surface area contributed by atoms with E-state index in [2.05, 4.69) is 10.3 Å². The molecule has 1 aliphatic heterocycles. The molecule has 0 radical (unpaired) electrons. The topological polar surface area (TPSA) is 107 Å². The predicted molar refractivity (Wildman–Crippen MR) is 164 cm³/mol. The van der Waals surface area contributed by atoms with Crippen molar-refractivity contribution in [1.82, 2.24) is 10.3 Å². The maximum absolute atomic E-state index is 14.0. The first-order valence-electron chi connectivity index (χ1n) is 13.7. The number of phosphoric acid groups is 1. The maximum atomic E-state index is 14.0. The number of hydrogen-bond donors (Lipinski definition) is 2. The number of rotatable bonds is 9. The fraction of sp³-hybridized carbons (Fsp3) is 0.0588. The van der Waals surface area contributed by atoms with E-state index in [1.54, 1.807) is 18.2 Å². The van der Waals surface area contributed by atoms with Crippen molar-refractivity contribution in [3.05, 3.63) is 138 Å². The average molecular weight is 589 g/mol. The lowest BCUT2D eigenvalue weighted by atomic mass is 9.93. The minimum Gasteiger partial charge on any atom is -0.404 e. The number of hydrogen-bond acceptors (Lipinski definition) is 6. The summed E-state index contributed by atoms with van der Waals surface area (Å²) in [6.45, 7) is 0.0284. The Hall–Kier alpha value is -5.01. The van der Waals surface area contributed by atoms with Gasteiger partial charge in [-0.1, -0.05) is 91.0 Å². The molecule has 8 nitrogen and oxygen atoms in total. The van der Waals surface area contributed by atoms with Gasteiger partial charge in [0.15, 0.2) is 0 Å². The Bertz CT molecular complexity index is 1990. The van der Waals surface area contributed by atoms with Crippen LogP contribution in [0.5, 0.6) is 5.75 Å². The summed E-state index contributed by atoms with van der Waals surface area (Å²) in [4.78, 5) is 29.4. The van der Waals surface area contributed by atoms with Crippen LogP contribution in [0.2, 0.25) is 0 Å². The quantitative estimate of drug-likeness (QED) is 0.132. The van der Waals surface area contributed by atoms with Crippen molar-refractivity contribution in [1.29, 1.82) is 0 Å². The number of nitrogens with one attached hydrogen (secondary N) is 2. The van der Waals surface area contributed by atoms with E-state index in [0.29, 0.717) is 32.9 Å². The molecule has 0 aliphatic carbocycles. The first-order valence-corrected chi connectivity index (χ1v) is 15.1. The standard InChI is InChI=1S/C34H25N2O6P/c37-33-31-26(24-14-8-3-9-15-24)19-29-30(32(31)34(38)36-33)27-18-25(16-17-28(27)35-29)42-43(39,40-20-22-10-4-1-5-11-22)41-21-23-12-6-2-7-13-23/h1-19,35H,20-21H2,(H,36,37,38). The molecular formula is C34H25N2O6P. The highest BCUT2D eigenvalue weighted by Gasteiger charge is 2.34. The van der Waals surface area contributed by atoms with Gasteiger partial charge >= 0.3 is 7.82 Å². The van der Waals surface area contributed by atoms with E-state index < -0.39 is 19.6 Å². The summed E-state index contributed by atoms with van der Waals surface area (Å²) < 4.78 is 31.5. The van der Waals surface area contributed by atoms with Crippen LogP contribution in [0.3, 0.4) is 0 Å². The lowest BCUT2D eigenvalue weighted by Crippen LogP contribution is -2.20. The molecule has 0 bridgehead atoms. The number of aromatic nitrogens is 1. The lowest BCUT2D eigenvalue weighted by molar-refractivity contribution is 0.0880. The van der Waals surface area contributed by atoms with Gasteiger partial charge in [-0.25, -0.2) is 4.57 Å². The van der Waals surface area contributed by atoms with Crippen LogP contribution in [0.25, 0.3) is 32.9 Å². The zero-order valence-electron chi connectivity index (χ0n) is 22.8. The van der Waals surface area contributed by atoms with Crippen molar-refractivity contribution in [2.75, 3.05) is 0 Å². The van der Waals surface area contributed by atoms with Crippen LogP contribution in [0.15, 0.2) is 115 Å². The van der Waals surface area contributed by atoms with E-state index >= 15 is 0 Å². The number of imide groups is 1. The highest BCUT2D eigenvalue weighted by atomic mass is 31.2. The Kier molecular flexibility index (Phi) is 6.87. The molecular weight excluding hydrogens is 563 g/mol. The molecule has 0 saturated heterocycles. The van der Waals surface area contributed by atoms with Crippen LogP contribution in [-0.4, -0.2) is 16.8 Å². The Morgan fingerprint density at radius 3 is 1.84 bits per heavy atom. The van der Waals surface area contributed by atoms with E-state index in [9.17, 15) is 14.2 Å². The van der Waals surface area contributed by atoms with Crippen LogP contribution in [-0.2, 0) is 26.8 Å². The maximum Gasteiger partial charge on any atom is 0.530 e. The van der Waals surface area contributed by atoms with E-state index in [1.807, 2.05) is 97.1 Å². The minimum atomic E-state index is -4.12. The molecule has 2 amide bonds. The van der Waals surface area contributed by atoms with Gasteiger partial charge in [-0.05, 0) is 46.5 Å². The van der Waals surface area contributed by atoms with Crippen molar-refractivity contribution in [2.24, 2.45) is 0 Å². The second-order valence-electron chi connectivity index (χ2n) is 10.1. The Balaban J connectivity index is 1.29. The highest BCUT2D eigenvalue weighted by molar-refractivity contribution is 7.48. The molecule has 0 spiro atoms. The number of amides is 2. The van der Waals surface area contributed by atoms with Gasteiger partial charge in [-0.15, -0.1) is 0 Å². The molecule has 9 heteroatoms. The number of fused-ring (bicyclic) bond motifs is 5. The Morgan fingerprint density at radius 2 is 1.21 bits per heavy atom. The van der Waals surface area contributed by atoms with Crippen molar-refractivity contribution in [3.8, 4) is 16.9 Å². The number of aromatic amines is 1. The molecule has 0 saturated carbocycles. The van der Waals surface area contributed by atoms with Crippen molar-refractivity contribution >= 4 is 41.4 Å². The van der Waals surface area contributed by atoms with E-state index in [-0.39, 0.29) is 24.5 Å². The second kappa shape index (κ2) is 11.0. The van der Waals surface area contributed by atoms with Gasteiger partial charge < -0.3 is 9.51 Å². The summed E-state index contributed by atoms with van der Waals surface area (Å²) in [5.41, 5.74) is 5.09. The molecule has 0 atom stereocenters. The fourth-order valence-electron chi connectivity index (χ4n) is 5.31. The molecule has 1 aliphatic rings. The van der Waals surface area contributed by atoms with Crippen molar-refractivity contribution < 1.29 is 27.7 Å². The monoisotopic (exact) mass is 588 g/mol. The third-order valence-electron chi connectivity index (χ3n) is 7.30. The predicted octanol–water partition coefficient (Wildman–Crippen LogP) is 7.79. The van der Waals surface area contributed by atoms with Crippen molar-refractivity contribution in [2.45, 2.75) is 13.2 Å². The average Bonchev–Trinajstić information content (AvgIpc) is 3.55. The summed E-state index contributed by atoms with van der Waals surface area (Å²) in [6.07, 6.45) is 0. The van der Waals surface area contributed by atoms with Gasteiger partial charge in [-0.2, -0.15) is 0 Å². The molecule has 2 heterocycles. The third-order valence-corrected chi connectivity index (χ3v) is 8.63. The van der Waals surface area contributed by atoms with Crippen LogP contribution in [0, 0.1) is 0 Å². The van der Waals surface area contributed by atoms with Gasteiger partial charge in [-0.3, -0.25) is 24.0 Å². The number of H-pyrrole nitrogens is 1. The fourth-order valence-corrected chi connectivity index (χ4v) is 6.48. The molecule has 2 N–H and O–H groups in total. The summed E-state index contributed by atoms with van der Waals surface area (Å²) in [5, 5.41) is 3.65. The van der Waals surface area contributed by atoms with Gasteiger partial charge in [0.05, 0.1) is 24.3 Å². The first kappa shape index (κ1) is 26.9. The SMILES string of the molecule is O=C1NC(=O)c2c1c(-c1ccccc1)cc1[nH]c3ccc(OP(=O)(OCc4ccccc4)OCc4ccccc4)cc3c21. The molecule has 0 fully saturated rings. The van der Waals surface area contributed by atoms with Gasteiger partial charge in [0.2, 0.25) is 0 Å². The summed E-state index contributed by atoms with van der Waals surface area (Å²) in [6, 6.07) is 35.1. The first-order chi connectivity index (χ1) is 21.0. The van der Waals surface area contributed by atoms with Gasteiger partial charge in [0.25, 0.3) is 11.8 Å². The molecule has 43 heavy (non-hydrogen) atoms. The molecule has 6 aromatic rings. The number of benzene rings is 5. The second-order valence-corrected chi connectivity index (χ2v) is 11.7. The molecule has 5 aromatic carbocycles. The Labute approximate surface area is 246 Å². The lowest BCUT2D eigenvalue weighted by Gasteiger charge is -2.19. The number of carbonyl (C=O) groups excluding carboxylic acids is 2. The molecule has 212 valence electrons. The zero-order valence-corrected chi connectivity index (χ0v) is 23.7. The normalized spacial score (nSPS) is 12.9. The smallest absolute Gasteiger partial charge is 0.404 e. The molecule has 0 unspecified atom stereocenters. The summed E-state index contributed by atoms with van der Waals surface area (Å²) in [7, 11) is -4.12. The van der Waals surface area contributed by atoms with Crippen LogP contribution in [0.1, 0.15) is 31.8 Å². The van der Waals surface area contributed by atoms with E-state index in [4.69, 9.17) is 13.6 Å². The van der Waals surface area contributed by atoms with Gasteiger partial charge in [0, 0.05) is 21.8 Å². The molecule has 7 rings (SSSR count). The minimum absolute atomic E-state index is 0.0142. The third kappa shape index (κ3) is 5.24. The zero-order chi connectivity index (χ0) is 29.4. The summed E-state index contributed by atoms with van der Waals surface area (Å²) in [5.74, 6) is -0.697. The number of carbonyl (C=O) groups is 2. The van der Waals surface area contributed by atoms with Crippen LogP contribution in [0.4, 0.5) is 0 Å². The van der Waals surface area contributed by atoms with E-state index in [0.717, 1.165) is 16.7 Å². The van der Waals surface area contributed by atoms with Crippen LogP contribution >= 0.6 is 7.82 Å².